The smallest absolute Gasteiger partial charge is 0.195 e. The van der Waals surface area contributed by atoms with Crippen molar-refractivity contribution in [2.45, 2.75) is 6.42 Å². The second-order valence-electron chi connectivity index (χ2n) is 2.24. The van der Waals surface area contributed by atoms with Gasteiger partial charge in [0.1, 0.15) is 0 Å². The van der Waals surface area contributed by atoms with Crippen molar-refractivity contribution in [1.29, 1.82) is 5.26 Å². The van der Waals surface area contributed by atoms with E-state index in [1.807, 2.05) is 16.0 Å². The minimum absolute atomic E-state index is 0.302. The number of fused-ring (bicyclic) bond motifs is 1. The van der Waals surface area contributed by atoms with Crippen molar-refractivity contribution in [2.24, 2.45) is 0 Å². The molecule has 3 nitrogen and oxygen atoms in total. The van der Waals surface area contributed by atoms with Crippen LogP contribution in [0.2, 0.25) is 5.15 Å². The van der Waals surface area contributed by atoms with E-state index in [9.17, 15) is 0 Å². The van der Waals surface area contributed by atoms with Crippen LogP contribution >= 0.6 is 22.9 Å². The van der Waals surface area contributed by atoms with Crippen molar-refractivity contribution in [2.75, 3.05) is 0 Å². The average molecular weight is 198 g/mol. The van der Waals surface area contributed by atoms with E-state index in [1.165, 1.54) is 11.3 Å². The van der Waals surface area contributed by atoms with Gasteiger partial charge in [0.05, 0.1) is 18.2 Å². The molecule has 0 saturated carbocycles. The van der Waals surface area contributed by atoms with Crippen LogP contribution in [0.1, 0.15) is 5.69 Å². The largest absolute Gasteiger partial charge is 0.292 e. The van der Waals surface area contributed by atoms with Crippen molar-refractivity contribution in [1.82, 2.24) is 9.38 Å². The lowest BCUT2D eigenvalue weighted by atomic mass is 10.4. The van der Waals surface area contributed by atoms with Gasteiger partial charge in [-0.1, -0.05) is 11.6 Å². The minimum atomic E-state index is 0.302. The molecular formula is C7H4ClN3S. The van der Waals surface area contributed by atoms with Crippen molar-refractivity contribution < 1.29 is 0 Å². The van der Waals surface area contributed by atoms with Gasteiger partial charge in [-0.25, -0.2) is 4.98 Å². The first-order chi connectivity index (χ1) is 5.83. The molecule has 60 valence electrons. The lowest BCUT2D eigenvalue weighted by Gasteiger charge is -1.89. The molecule has 0 saturated heterocycles. The van der Waals surface area contributed by atoms with Crippen molar-refractivity contribution in [3.63, 3.8) is 0 Å². The Bertz CT molecular complexity index is 451. The fourth-order valence-electron chi connectivity index (χ4n) is 1.04. The Balaban J connectivity index is 2.69. The molecule has 0 aromatic carbocycles. The maximum absolute atomic E-state index is 8.51. The maximum Gasteiger partial charge on any atom is 0.195 e. The molecule has 2 heterocycles. The molecule has 0 aliphatic rings. The van der Waals surface area contributed by atoms with E-state index in [1.54, 1.807) is 0 Å². The quantitative estimate of drug-likeness (QED) is 0.703. The van der Waals surface area contributed by atoms with Gasteiger partial charge in [-0.05, 0) is 0 Å². The summed E-state index contributed by atoms with van der Waals surface area (Å²) < 4.78 is 1.84. The van der Waals surface area contributed by atoms with Gasteiger partial charge in [-0.3, -0.25) is 4.40 Å². The molecule has 0 bridgehead atoms. The molecule has 0 aliphatic heterocycles. The number of imidazole rings is 1. The number of nitriles is 1. The molecule has 0 unspecified atom stereocenters. The highest BCUT2D eigenvalue weighted by atomic mass is 35.5. The van der Waals surface area contributed by atoms with Gasteiger partial charge in [0.25, 0.3) is 0 Å². The Labute approximate surface area is 77.8 Å². The van der Waals surface area contributed by atoms with Crippen LogP contribution in [-0.2, 0) is 6.42 Å². The number of aromatic nitrogens is 2. The van der Waals surface area contributed by atoms with Crippen LogP contribution in [0.25, 0.3) is 4.96 Å². The Morgan fingerprint density at radius 2 is 2.58 bits per heavy atom. The Morgan fingerprint density at radius 1 is 1.75 bits per heavy atom. The van der Waals surface area contributed by atoms with E-state index < -0.39 is 0 Å². The maximum atomic E-state index is 8.51. The molecule has 0 N–H and O–H groups in total. The molecule has 0 aliphatic carbocycles. The van der Waals surface area contributed by atoms with Crippen molar-refractivity contribution >= 4 is 27.9 Å². The molecule has 0 spiro atoms. The average Bonchev–Trinajstić information content (AvgIpc) is 2.56. The topological polar surface area (TPSA) is 41.1 Å². The highest BCUT2D eigenvalue weighted by Crippen LogP contribution is 2.21. The predicted octanol–water partition coefficient (Wildman–Crippen LogP) is 2.12. The zero-order chi connectivity index (χ0) is 8.55. The van der Waals surface area contributed by atoms with Gasteiger partial charge in [0, 0.05) is 11.6 Å². The number of hydrogen-bond donors (Lipinski definition) is 0. The highest BCUT2D eigenvalue weighted by molar-refractivity contribution is 7.15. The van der Waals surface area contributed by atoms with Crippen molar-refractivity contribution in [3.8, 4) is 6.07 Å². The van der Waals surface area contributed by atoms with Gasteiger partial charge < -0.3 is 0 Å². The zero-order valence-corrected chi connectivity index (χ0v) is 7.56. The summed E-state index contributed by atoms with van der Waals surface area (Å²) in [6.07, 6.45) is 2.17. The van der Waals surface area contributed by atoms with E-state index in [-0.39, 0.29) is 0 Å². The summed E-state index contributed by atoms with van der Waals surface area (Å²) in [6, 6.07) is 2.05. The van der Waals surface area contributed by atoms with Crippen LogP contribution in [0.3, 0.4) is 0 Å². The minimum Gasteiger partial charge on any atom is -0.292 e. The summed E-state index contributed by atoms with van der Waals surface area (Å²) >= 11 is 7.32. The summed E-state index contributed by atoms with van der Waals surface area (Å²) in [5.41, 5.74) is 0.774. The second kappa shape index (κ2) is 2.77. The molecule has 2 rings (SSSR count). The molecule has 0 atom stereocenters. The molecule has 12 heavy (non-hydrogen) atoms. The molecule has 2 aromatic heterocycles. The van der Waals surface area contributed by atoms with Crippen LogP contribution < -0.4 is 0 Å². The normalized spacial score (nSPS) is 10.3. The third-order valence-corrected chi connectivity index (χ3v) is 2.62. The zero-order valence-electron chi connectivity index (χ0n) is 5.99. The molecule has 5 heteroatoms. The van der Waals surface area contributed by atoms with E-state index in [0.717, 1.165) is 10.7 Å². The first-order valence-electron chi connectivity index (χ1n) is 3.30. The van der Waals surface area contributed by atoms with E-state index >= 15 is 0 Å². The van der Waals surface area contributed by atoms with Crippen molar-refractivity contribution in [3.05, 3.63) is 22.4 Å². The SMILES string of the molecule is N#CCc1c(Cl)nc2sccn12. The van der Waals surface area contributed by atoms with E-state index in [0.29, 0.717) is 11.6 Å². The third kappa shape index (κ3) is 0.986. The summed E-state index contributed by atoms with van der Waals surface area (Å²) in [6.45, 7) is 0. The van der Waals surface area contributed by atoms with E-state index in [2.05, 4.69) is 11.1 Å². The summed E-state index contributed by atoms with van der Waals surface area (Å²) in [5, 5.41) is 10.9. The number of rotatable bonds is 1. The fraction of sp³-hybridized carbons (Fsp3) is 0.143. The second-order valence-corrected chi connectivity index (χ2v) is 3.47. The van der Waals surface area contributed by atoms with Gasteiger partial charge in [0.15, 0.2) is 10.1 Å². The third-order valence-electron chi connectivity index (χ3n) is 1.56. The highest BCUT2D eigenvalue weighted by Gasteiger charge is 2.09. The molecule has 0 radical (unpaired) electrons. The lowest BCUT2D eigenvalue weighted by Crippen LogP contribution is -1.87. The number of thiazole rings is 1. The summed E-state index contributed by atoms with van der Waals surface area (Å²) in [4.78, 5) is 4.93. The van der Waals surface area contributed by atoms with Gasteiger partial charge in [0.2, 0.25) is 0 Å². The number of halogens is 1. The van der Waals surface area contributed by atoms with Crippen LogP contribution in [-0.4, -0.2) is 9.38 Å². The molecule has 2 aromatic rings. The van der Waals surface area contributed by atoms with Crippen LogP contribution in [0.5, 0.6) is 0 Å². The Morgan fingerprint density at radius 3 is 3.33 bits per heavy atom. The predicted molar refractivity (Wildman–Crippen MR) is 47.4 cm³/mol. The first kappa shape index (κ1) is 7.59. The van der Waals surface area contributed by atoms with Gasteiger partial charge in [-0.2, -0.15) is 5.26 Å². The number of hydrogen-bond acceptors (Lipinski definition) is 3. The summed E-state index contributed by atoms with van der Waals surface area (Å²) in [7, 11) is 0. The van der Waals surface area contributed by atoms with Crippen LogP contribution in [0.4, 0.5) is 0 Å². The Kier molecular flexibility index (Phi) is 1.75. The molecular weight excluding hydrogens is 194 g/mol. The van der Waals surface area contributed by atoms with Crippen LogP contribution in [0, 0.1) is 11.3 Å². The van der Waals surface area contributed by atoms with Crippen LogP contribution in [0.15, 0.2) is 11.6 Å². The molecule has 0 fully saturated rings. The Hall–Kier alpha value is -1.05. The van der Waals surface area contributed by atoms with Gasteiger partial charge >= 0.3 is 0 Å². The summed E-state index contributed by atoms with van der Waals surface area (Å²) in [5.74, 6) is 0. The fourth-order valence-corrected chi connectivity index (χ4v) is 2.06. The van der Waals surface area contributed by atoms with Gasteiger partial charge in [-0.15, -0.1) is 11.3 Å². The standard InChI is InChI=1S/C7H4ClN3S/c8-6-5(1-2-9)11-3-4-12-7(11)10-6/h3-4H,1H2. The lowest BCUT2D eigenvalue weighted by molar-refractivity contribution is 1.07. The number of nitrogens with zero attached hydrogens (tertiary/aromatic N) is 3. The van der Waals surface area contributed by atoms with E-state index in [4.69, 9.17) is 16.9 Å². The molecule has 0 amide bonds. The monoisotopic (exact) mass is 197 g/mol. The first-order valence-corrected chi connectivity index (χ1v) is 4.55.